The zero-order chi connectivity index (χ0) is 28.9. The van der Waals surface area contributed by atoms with Crippen molar-refractivity contribution in [3.8, 4) is 23.6 Å². The van der Waals surface area contributed by atoms with E-state index >= 15 is 0 Å². The number of pyridine rings is 2. The molecule has 12 nitrogen and oxygen atoms in total. The molecule has 6 rings (SSSR count). The maximum Gasteiger partial charge on any atom is 0.164 e. The summed E-state index contributed by atoms with van der Waals surface area (Å²) in [5.74, 6) is 1.55. The number of nitrogens with one attached hydrogen (secondary N) is 1. The molecule has 1 N–H and O–H groups in total. The van der Waals surface area contributed by atoms with E-state index in [2.05, 4.69) is 42.8 Å². The summed E-state index contributed by atoms with van der Waals surface area (Å²) < 4.78 is 15.0. The lowest BCUT2D eigenvalue weighted by Crippen LogP contribution is -2.24. The van der Waals surface area contributed by atoms with Gasteiger partial charge in [0.25, 0.3) is 0 Å². The van der Waals surface area contributed by atoms with E-state index in [1.54, 1.807) is 34.7 Å². The Hall–Kier alpha value is -4.39. The highest BCUT2D eigenvalue weighted by Gasteiger charge is 2.26. The Morgan fingerprint density at radius 3 is 2.76 bits per heavy atom. The van der Waals surface area contributed by atoms with E-state index in [0.29, 0.717) is 40.2 Å². The highest BCUT2D eigenvalue weighted by molar-refractivity contribution is 5.77. The van der Waals surface area contributed by atoms with Crippen LogP contribution in [-0.4, -0.2) is 60.3 Å². The van der Waals surface area contributed by atoms with Crippen LogP contribution in [0.4, 0.5) is 5.69 Å². The number of nitrogens with zero attached hydrogens (tertiary/aromatic N) is 9. The number of hydrogen-bond acceptors (Lipinski definition) is 10. The molecule has 216 valence electrons. The lowest BCUT2D eigenvalue weighted by atomic mass is 9.79. The summed E-state index contributed by atoms with van der Waals surface area (Å²) in [5, 5.41) is 36.1. The van der Waals surface area contributed by atoms with E-state index in [1.807, 2.05) is 12.3 Å². The molecule has 1 aliphatic carbocycles. The molecule has 2 atom stereocenters. The minimum atomic E-state index is -0.448. The zero-order valence-corrected chi connectivity index (χ0v) is 23.7. The first-order valence-electron chi connectivity index (χ1n) is 14.7. The lowest BCUT2D eigenvalue weighted by Gasteiger charge is -2.28. The number of anilines is 1. The van der Waals surface area contributed by atoms with Crippen LogP contribution in [0.3, 0.4) is 0 Å². The summed E-state index contributed by atoms with van der Waals surface area (Å²) in [6, 6.07) is 7.43. The van der Waals surface area contributed by atoms with Gasteiger partial charge >= 0.3 is 0 Å². The Balaban J connectivity index is 1.15. The van der Waals surface area contributed by atoms with Gasteiger partial charge in [0, 0.05) is 36.8 Å². The quantitative estimate of drug-likeness (QED) is 0.299. The van der Waals surface area contributed by atoms with Crippen LogP contribution in [0.2, 0.25) is 0 Å². The van der Waals surface area contributed by atoms with E-state index in [0.717, 1.165) is 69.2 Å². The smallest absolute Gasteiger partial charge is 0.164 e. The maximum absolute atomic E-state index is 9.49. The molecule has 5 heterocycles. The summed E-state index contributed by atoms with van der Waals surface area (Å²) in [5.41, 5.74) is 3.38. The number of ether oxygens (including phenoxy) is 2. The molecule has 42 heavy (non-hydrogen) atoms. The van der Waals surface area contributed by atoms with Crippen molar-refractivity contribution in [3.05, 3.63) is 48.2 Å². The minimum Gasteiger partial charge on any atom is -0.368 e. The Labute approximate surface area is 244 Å². The largest absolute Gasteiger partial charge is 0.368 e. The first kappa shape index (κ1) is 27.8. The summed E-state index contributed by atoms with van der Waals surface area (Å²) >= 11 is 0. The minimum absolute atomic E-state index is 0.0163. The monoisotopic (exact) mass is 566 g/mol. The molecule has 4 aromatic rings. The molecule has 0 aromatic carbocycles. The van der Waals surface area contributed by atoms with Gasteiger partial charge in [-0.3, -0.25) is 0 Å². The van der Waals surface area contributed by atoms with Crippen molar-refractivity contribution in [3.63, 3.8) is 0 Å². The molecule has 2 unspecified atom stereocenters. The molecular weight excluding hydrogens is 532 g/mol. The fraction of sp³-hybridized carbons (Fsp3) is 0.500. The number of aromatic nitrogens is 7. The second-order valence-corrected chi connectivity index (χ2v) is 11.1. The van der Waals surface area contributed by atoms with Crippen LogP contribution in [0.15, 0.2) is 36.9 Å². The second-order valence-electron chi connectivity index (χ2n) is 11.1. The van der Waals surface area contributed by atoms with Crippen LogP contribution in [0.25, 0.3) is 22.5 Å². The first-order chi connectivity index (χ1) is 20.6. The van der Waals surface area contributed by atoms with Gasteiger partial charge in [-0.15, -0.1) is 5.10 Å². The van der Waals surface area contributed by atoms with E-state index in [1.165, 1.54) is 12.6 Å². The van der Waals surface area contributed by atoms with E-state index in [9.17, 15) is 10.5 Å². The van der Waals surface area contributed by atoms with Gasteiger partial charge in [-0.05, 0) is 70.3 Å². The average molecular weight is 567 g/mol. The number of hydrogen-bond donors (Lipinski definition) is 1. The highest BCUT2D eigenvalue weighted by Crippen LogP contribution is 2.37. The van der Waals surface area contributed by atoms with Crippen LogP contribution < -0.4 is 5.32 Å². The van der Waals surface area contributed by atoms with Crippen molar-refractivity contribution in [1.29, 1.82) is 10.5 Å². The topological polar surface area (TPSA) is 152 Å². The molecule has 0 bridgehead atoms. The van der Waals surface area contributed by atoms with Gasteiger partial charge in [0.2, 0.25) is 0 Å². The maximum atomic E-state index is 9.49. The van der Waals surface area contributed by atoms with Crippen LogP contribution >= 0.6 is 0 Å². The molecular formula is C30H34N10O2. The Morgan fingerprint density at radius 2 is 1.98 bits per heavy atom. The molecule has 4 aromatic heterocycles. The van der Waals surface area contributed by atoms with E-state index in [4.69, 9.17) is 9.47 Å². The molecule has 0 spiro atoms. The van der Waals surface area contributed by atoms with Gasteiger partial charge in [0.15, 0.2) is 17.8 Å². The van der Waals surface area contributed by atoms with Crippen molar-refractivity contribution in [1.82, 2.24) is 34.7 Å². The zero-order valence-electron chi connectivity index (χ0n) is 23.7. The fourth-order valence-electron chi connectivity index (χ4n) is 5.80. The predicted molar refractivity (Wildman–Crippen MR) is 154 cm³/mol. The van der Waals surface area contributed by atoms with Crippen molar-refractivity contribution in [2.24, 2.45) is 5.92 Å². The predicted octanol–water partition coefficient (Wildman–Crippen LogP) is 4.80. The third-order valence-electron chi connectivity index (χ3n) is 8.18. The second kappa shape index (κ2) is 12.6. The summed E-state index contributed by atoms with van der Waals surface area (Å²) in [7, 11) is 0. The van der Waals surface area contributed by atoms with Gasteiger partial charge in [-0.2, -0.15) is 20.3 Å². The summed E-state index contributed by atoms with van der Waals surface area (Å²) in [4.78, 5) is 9.04. The SMILES string of the molecule is CC(C#N)Nc1cc(-n2ncc3cc(C#N)cnc32)ncc1-n1cc([C@H]2CC[C@H](CCOC3CCCCO3)CC2)nn1. The Bertz CT molecular complexity index is 1600. The van der Waals surface area contributed by atoms with Gasteiger partial charge in [0.05, 0.1) is 41.6 Å². The molecule has 1 saturated carbocycles. The van der Waals surface area contributed by atoms with Gasteiger partial charge in [0.1, 0.15) is 17.8 Å². The third kappa shape index (κ3) is 6.10. The van der Waals surface area contributed by atoms with E-state index in [-0.39, 0.29) is 6.29 Å². The first-order valence-corrected chi connectivity index (χ1v) is 14.7. The molecule has 1 aliphatic heterocycles. The third-order valence-corrected chi connectivity index (χ3v) is 8.18. The Kier molecular flexibility index (Phi) is 8.35. The molecule has 0 amide bonds. The van der Waals surface area contributed by atoms with Crippen LogP contribution in [0.1, 0.15) is 75.5 Å². The molecule has 0 radical (unpaired) electrons. The van der Waals surface area contributed by atoms with Crippen molar-refractivity contribution >= 4 is 16.7 Å². The van der Waals surface area contributed by atoms with Crippen LogP contribution in [0, 0.1) is 28.6 Å². The molecule has 2 fully saturated rings. The van der Waals surface area contributed by atoms with Crippen LogP contribution in [0.5, 0.6) is 0 Å². The highest BCUT2D eigenvalue weighted by atomic mass is 16.7. The molecule has 12 heteroatoms. The van der Waals surface area contributed by atoms with Crippen molar-refractivity contribution < 1.29 is 9.47 Å². The van der Waals surface area contributed by atoms with Crippen molar-refractivity contribution in [2.75, 3.05) is 18.5 Å². The summed E-state index contributed by atoms with van der Waals surface area (Å²) in [6.07, 6.45) is 15.7. The number of fused-ring (bicyclic) bond motifs is 1. The summed E-state index contributed by atoms with van der Waals surface area (Å²) in [6.45, 7) is 3.37. The number of rotatable bonds is 9. The van der Waals surface area contributed by atoms with Crippen molar-refractivity contribution in [2.45, 2.75) is 76.5 Å². The number of nitriles is 2. The van der Waals surface area contributed by atoms with Gasteiger partial charge in [-0.1, -0.05) is 5.21 Å². The van der Waals surface area contributed by atoms with Crippen LogP contribution in [-0.2, 0) is 9.47 Å². The normalized spacial score (nSPS) is 21.5. The Morgan fingerprint density at radius 1 is 1.10 bits per heavy atom. The standard InChI is InChI=1S/C30H34N10O2/c1-20(14-31)36-25-13-28(40-30-24(17-35-40)12-22(15-32)16-34-30)33-18-27(25)39-19-26(37-38-39)23-7-5-21(6-8-23)9-11-42-29-4-2-3-10-41-29/h12-13,16-21,23,29H,2-11H2,1H3,(H,33,36)/t20?,21-,23-,29?. The van der Waals surface area contributed by atoms with E-state index < -0.39 is 6.04 Å². The lowest BCUT2D eigenvalue weighted by molar-refractivity contribution is -0.164. The fourth-order valence-corrected chi connectivity index (χ4v) is 5.80. The van der Waals surface area contributed by atoms with Gasteiger partial charge < -0.3 is 14.8 Å². The molecule has 1 saturated heterocycles. The average Bonchev–Trinajstić information content (AvgIpc) is 3.69. The van der Waals surface area contributed by atoms with Gasteiger partial charge in [-0.25, -0.2) is 14.6 Å². The molecule has 2 aliphatic rings.